The fraction of sp³-hybridized carbons (Fsp3) is 0.238. The van der Waals surface area contributed by atoms with Gasteiger partial charge in [0.2, 0.25) is 5.95 Å². The molecule has 0 aliphatic heterocycles. The Morgan fingerprint density at radius 2 is 1.69 bits per heavy atom. The molecule has 29 heavy (non-hydrogen) atoms. The van der Waals surface area contributed by atoms with Gasteiger partial charge in [-0.05, 0) is 31.2 Å². The summed E-state index contributed by atoms with van der Waals surface area (Å²) in [5.74, 6) is 0.888. The summed E-state index contributed by atoms with van der Waals surface area (Å²) in [5, 5.41) is 0.545. The van der Waals surface area contributed by atoms with Gasteiger partial charge in [0.25, 0.3) is 11.5 Å². The Hall–Kier alpha value is -3.68. The van der Waals surface area contributed by atoms with Crippen molar-refractivity contribution in [3.05, 3.63) is 64.7 Å². The first kappa shape index (κ1) is 18.7. The normalized spacial score (nSPS) is 11.1. The number of hydrogen-bond donors (Lipinski definition) is 2. The number of fused-ring (bicyclic) bond motifs is 2. The fourth-order valence-electron chi connectivity index (χ4n) is 3.44. The van der Waals surface area contributed by atoms with Gasteiger partial charge >= 0.3 is 0 Å². The number of hydrogen-bond acceptors (Lipinski definition) is 5. The Balaban J connectivity index is 1.57. The molecule has 8 nitrogen and oxygen atoms in total. The number of aryl methyl sites for hydroxylation is 1. The topological polar surface area (TPSA) is 93.8 Å². The highest BCUT2D eigenvalue weighted by Crippen LogP contribution is 2.16. The molecule has 0 aliphatic rings. The van der Waals surface area contributed by atoms with Gasteiger partial charge < -0.3 is 4.57 Å². The van der Waals surface area contributed by atoms with Crippen molar-refractivity contribution in [2.24, 2.45) is 0 Å². The fourth-order valence-corrected chi connectivity index (χ4v) is 3.44. The summed E-state index contributed by atoms with van der Waals surface area (Å²) >= 11 is 0. The van der Waals surface area contributed by atoms with E-state index in [0.717, 1.165) is 23.3 Å². The van der Waals surface area contributed by atoms with Crippen LogP contribution in [0.2, 0.25) is 0 Å². The minimum absolute atomic E-state index is 0.112. The number of rotatable bonds is 6. The van der Waals surface area contributed by atoms with Gasteiger partial charge in [0.05, 0.1) is 21.9 Å². The molecule has 0 saturated heterocycles. The SMILES string of the molecule is CCc1nc2ccccc2n1CC(=O)NNc1nc2ccccc2c(=O)n1CC. The largest absolute Gasteiger partial charge is 0.318 e. The van der Waals surface area contributed by atoms with Crippen molar-refractivity contribution in [3.63, 3.8) is 0 Å². The molecule has 0 atom stereocenters. The first-order chi connectivity index (χ1) is 14.1. The lowest BCUT2D eigenvalue weighted by Crippen LogP contribution is -2.36. The number of aromatic nitrogens is 4. The molecule has 0 saturated carbocycles. The van der Waals surface area contributed by atoms with Crippen molar-refractivity contribution in [1.29, 1.82) is 0 Å². The molecule has 0 unspecified atom stereocenters. The number of amides is 1. The van der Waals surface area contributed by atoms with Gasteiger partial charge in [0, 0.05) is 13.0 Å². The predicted molar refractivity (Wildman–Crippen MR) is 113 cm³/mol. The van der Waals surface area contributed by atoms with E-state index < -0.39 is 0 Å². The smallest absolute Gasteiger partial charge is 0.262 e. The van der Waals surface area contributed by atoms with Crippen molar-refractivity contribution in [2.45, 2.75) is 33.4 Å². The number of imidazole rings is 1. The van der Waals surface area contributed by atoms with Crippen molar-refractivity contribution in [2.75, 3.05) is 5.43 Å². The molecular weight excluding hydrogens is 368 g/mol. The number of anilines is 1. The molecule has 4 aromatic rings. The summed E-state index contributed by atoms with van der Waals surface area (Å²) < 4.78 is 3.39. The van der Waals surface area contributed by atoms with Crippen molar-refractivity contribution in [3.8, 4) is 0 Å². The molecule has 0 radical (unpaired) electrons. The van der Waals surface area contributed by atoms with Gasteiger partial charge in [0.15, 0.2) is 0 Å². The minimum atomic E-state index is -0.257. The number of benzene rings is 2. The highest BCUT2D eigenvalue weighted by atomic mass is 16.2. The summed E-state index contributed by atoms with van der Waals surface area (Å²) in [6.07, 6.45) is 0.719. The molecule has 0 spiro atoms. The van der Waals surface area contributed by atoms with E-state index >= 15 is 0 Å². The molecule has 2 heterocycles. The minimum Gasteiger partial charge on any atom is -0.318 e. The maximum Gasteiger partial charge on any atom is 0.262 e. The molecule has 0 aliphatic carbocycles. The molecule has 148 valence electrons. The number of carbonyl (C=O) groups is 1. The van der Waals surface area contributed by atoms with Crippen LogP contribution in [0.3, 0.4) is 0 Å². The number of nitrogens with one attached hydrogen (secondary N) is 2. The lowest BCUT2D eigenvalue weighted by molar-refractivity contribution is -0.121. The van der Waals surface area contributed by atoms with E-state index in [0.29, 0.717) is 23.4 Å². The molecule has 2 aromatic carbocycles. The van der Waals surface area contributed by atoms with E-state index in [4.69, 9.17) is 0 Å². The van der Waals surface area contributed by atoms with E-state index in [1.54, 1.807) is 18.2 Å². The van der Waals surface area contributed by atoms with E-state index in [-0.39, 0.29) is 18.0 Å². The second kappa shape index (κ2) is 7.75. The van der Waals surface area contributed by atoms with Crippen LogP contribution in [0, 0.1) is 0 Å². The molecular formula is C21H22N6O2. The third-order valence-electron chi connectivity index (χ3n) is 4.84. The van der Waals surface area contributed by atoms with Gasteiger partial charge in [-0.1, -0.05) is 31.2 Å². The predicted octanol–water partition coefficient (Wildman–Crippen LogP) is 2.47. The quantitative estimate of drug-likeness (QED) is 0.493. The van der Waals surface area contributed by atoms with Gasteiger partial charge in [-0.2, -0.15) is 0 Å². The first-order valence-corrected chi connectivity index (χ1v) is 9.61. The van der Waals surface area contributed by atoms with Gasteiger partial charge in [-0.3, -0.25) is 25.0 Å². The standard InChI is InChI=1S/C21H22N6O2/c1-3-18-22-16-11-7-8-12-17(16)27(18)13-19(28)24-25-21-23-15-10-6-5-9-14(15)20(29)26(21)4-2/h5-12H,3-4,13H2,1-2H3,(H,23,25)(H,24,28). The average molecular weight is 390 g/mol. The lowest BCUT2D eigenvalue weighted by atomic mass is 10.2. The summed E-state index contributed by atoms with van der Waals surface area (Å²) in [6, 6.07) is 14.9. The molecule has 8 heteroatoms. The molecule has 0 fully saturated rings. The zero-order chi connectivity index (χ0) is 20.4. The molecule has 2 aromatic heterocycles. The van der Waals surface area contributed by atoms with E-state index in [1.807, 2.05) is 48.7 Å². The first-order valence-electron chi connectivity index (χ1n) is 9.61. The molecule has 2 N–H and O–H groups in total. The Bertz CT molecular complexity index is 1260. The van der Waals surface area contributed by atoms with E-state index in [9.17, 15) is 9.59 Å². The zero-order valence-corrected chi connectivity index (χ0v) is 16.3. The van der Waals surface area contributed by atoms with Gasteiger partial charge in [-0.15, -0.1) is 0 Å². The Kier molecular flexibility index (Phi) is 4.99. The van der Waals surface area contributed by atoms with Crippen LogP contribution in [0.15, 0.2) is 53.3 Å². The molecule has 0 bridgehead atoms. The van der Waals surface area contributed by atoms with E-state index in [1.165, 1.54) is 4.57 Å². The van der Waals surface area contributed by atoms with Gasteiger partial charge in [0.1, 0.15) is 12.4 Å². The third kappa shape index (κ3) is 3.44. The van der Waals surface area contributed by atoms with Crippen molar-refractivity contribution >= 4 is 33.8 Å². The maximum absolute atomic E-state index is 12.7. The monoisotopic (exact) mass is 390 g/mol. The van der Waals surface area contributed by atoms with Crippen molar-refractivity contribution in [1.82, 2.24) is 24.5 Å². The maximum atomic E-state index is 12.7. The number of carbonyl (C=O) groups excluding carboxylic acids is 1. The van der Waals surface area contributed by atoms with Crippen LogP contribution in [0.4, 0.5) is 5.95 Å². The second-order valence-electron chi connectivity index (χ2n) is 6.63. The lowest BCUT2D eigenvalue weighted by Gasteiger charge is -2.14. The summed E-state index contributed by atoms with van der Waals surface area (Å²) in [5.41, 5.74) is 7.67. The second-order valence-corrected chi connectivity index (χ2v) is 6.63. The Morgan fingerprint density at radius 3 is 2.45 bits per heavy atom. The van der Waals surface area contributed by atoms with E-state index in [2.05, 4.69) is 20.8 Å². The summed E-state index contributed by atoms with van der Waals surface area (Å²) in [7, 11) is 0. The van der Waals surface area contributed by atoms with Gasteiger partial charge in [-0.25, -0.2) is 9.97 Å². The van der Waals surface area contributed by atoms with Crippen molar-refractivity contribution < 1.29 is 4.79 Å². The Morgan fingerprint density at radius 1 is 0.966 bits per heavy atom. The molecule has 4 rings (SSSR count). The Labute approximate surface area is 167 Å². The summed E-state index contributed by atoms with van der Waals surface area (Å²) in [4.78, 5) is 34.3. The van der Waals surface area contributed by atoms with Crippen LogP contribution in [0.5, 0.6) is 0 Å². The number of nitrogens with zero attached hydrogens (tertiary/aromatic N) is 4. The van der Waals surface area contributed by atoms with Crippen LogP contribution >= 0.6 is 0 Å². The van der Waals surface area contributed by atoms with Crippen LogP contribution in [-0.2, 0) is 24.3 Å². The third-order valence-corrected chi connectivity index (χ3v) is 4.84. The highest BCUT2D eigenvalue weighted by molar-refractivity contribution is 5.82. The van der Waals surface area contributed by atoms with Crippen LogP contribution in [0.25, 0.3) is 21.9 Å². The molecule has 1 amide bonds. The average Bonchev–Trinajstić information content (AvgIpc) is 3.10. The number of hydrazine groups is 1. The number of para-hydroxylation sites is 3. The zero-order valence-electron chi connectivity index (χ0n) is 16.3. The van der Waals surface area contributed by atoms with Crippen LogP contribution < -0.4 is 16.4 Å². The highest BCUT2D eigenvalue weighted by Gasteiger charge is 2.14. The summed E-state index contributed by atoms with van der Waals surface area (Å²) in [6.45, 7) is 4.41. The van der Waals surface area contributed by atoms with Crippen LogP contribution in [-0.4, -0.2) is 25.0 Å². The van der Waals surface area contributed by atoms with Crippen LogP contribution in [0.1, 0.15) is 19.7 Å².